The summed E-state index contributed by atoms with van der Waals surface area (Å²) in [6, 6.07) is 5.24. The van der Waals surface area contributed by atoms with Gasteiger partial charge in [-0.2, -0.15) is 0 Å². The van der Waals surface area contributed by atoms with E-state index in [-0.39, 0.29) is 30.2 Å². The van der Waals surface area contributed by atoms with Gasteiger partial charge < -0.3 is 19.9 Å². The van der Waals surface area contributed by atoms with E-state index >= 15 is 0 Å². The summed E-state index contributed by atoms with van der Waals surface area (Å²) in [6.07, 6.45) is 2.91. The number of benzene rings is 1. The molecule has 1 aliphatic heterocycles. The number of nitrogens with zero attached hydrogens (tertiary/aromatic N) is 2. The van der Waals surface area contributed by atoms with Gasteiger partial charge in [-0.15, -0.1) is 0 Å². The van der Waals surface area contributed by atoms with Crippen molar-refractivity contribution in [2.45, 2.75) is 59.4 Å². The minimum absolute atomic E-state index is 0.00348. The summed E-state index contributed by atoms with van der Waals surface area (Å²) in [5, 5.41) is 3.05. The Balaban J connectivity index is 1.81. The molecule has 1 N–H and O–H groups in total. The van der Waals surface area contributed by atoms with Gasteiger partial charge in [0.2, 0.25) is 5.91 Å². The van der Waals surface area contributed by atoms with Gasteiger partial charge in [-0.25, -0.2) is 0 Å². The van der Waals surface area contributed by atoms with E-state index < -0.39 is 0 Å². The fourth-order valence-electron chi connectivity index (χ4n) is 3.64. The minimum atomic E-state index is -0.159. The molecule has 1 heterocycles. The molecule has 0 spiro atoms. The van der Waals surface area contributed by atoms with Gasteiger partial charge in [0.1, 0.15) is 5.75 Å². The number of ether oxygens (including phenoxy) is 1. The van der Waals surface area contributed by atoms with Gasteiger partial charge in [-0.3, -0.25) is 14.4 Å². The van der Waals surface area contributed by atoms with E-state index in [0.717, 1.165) is 32.5 Å². The monoisotopic (exact) mass is 417 g/mol. The molecule has 1 aromatic carbocycles. The summed E-state index contributed by atoms with van der Waals surface area (Å²) < 4.78 is 5.47. The van der Waals surface area contributed by atoms with Gasteiger partial charge in [0, 0.05) is 24.6 Å². The van der Waals surface area contributed by atoms with E-state index in [1.807, 2.05) is 6.92 Å². The molecule has 1 aliphatic rings. The van der Waals surface area contributed by atoms with E-state index in [1.54, 1.807) is 23.1 Å². The highest BCUT2D eigenvalue weighted by molar-refractivity contribution is 6.01. The first-order chi connectivity index (χ1) is 14.3. The number of nitrogens with one attached hydrogen (secondary N) is 1. The standard InChI is InChI=1S/C23H35N3O4/c1-5-25(6-2)13-7-9-17(3)24-22(28)10-8-14-26-20-15-19(18(4)27)11-12-21(20)30-16-23(26)29/h11-12,15,17H,5-10,13-14,16H2,1-4H3,(H,24,28)/t17-/m1/s1. The summed E-state index contributed by atoms with van der Waals surface area (Å²) in [4.78, 5) is 40.3. The Labute approximate surface area is 179 Å². The molecule has 1 atom stereocenters. The van der Waals surface area contributed by atoms with Crippen LogP contribution >= 0.6 is 0 Å². The van der Waals surface area contributed by atoms with Crippen molar-refractivity contribution in [1.82, 2.24) is 10.2 Å². The third-order valence-electron chi connectivity index (χ3n) is 5.51. The number of fused-ring (bicyclic) bond motifs is 1. The van der Waals surface area contributed by atoms with Crippen LogP contribution in [0.1, 0.15) is 63.7 Å². The van der Waals surface area contributed by atoms with Crippen molar-refractivity contribution in [3.8, 4) is 5.75 Å². The molecule has 166 valence electrons. The second-order valence-corrected chi connectivity index (χ2v) is 7.81. The molecule has 2 rings (SSSR count). The highest BCUT2D eigenvalue weighted by atomic mass is 16.5. The second kappa shape index (κ2) is 11.7. The van der Waals surface area contributed by atoms with Crippen LogP contribution < -0.4 is 15.0 Å². The number of anilines is 1. The van der Waals surface area contributed by atoms with Gasteiger partial charge >= 0.3 is 0 Å². The molecule has 0 saturated heterocycles. The molecule has 0 aliphatic carbocycles. The first kappa shape index (κ1) is 23.9. The van der Waals surface area contributed by atoms with Crippen LogP contribution in [-0.2, 0) is 9.59 Å². The van der Waals surface area contributed by atoms with Crippen LogP contribution in [0, 0.1) is 0 Å². The Bertz CT molecular complexity index is 746. The fourth-order valence-corrected chi connectivity index (χ4v) is 3.64. The van der Waals surface area contributed by atoms with Crippen molar-refractivity contribution in [3.05, 3.63) is 23.8 Å². The average molecular weight is 418 g/mol. The maximum atomic E-state index is 12.3. The lowest BCUT2D eigenvalue weighted by molar-refractivity contribution is -0.123. The number of amides is 2. The lowest BCUT2D eigenvalue weighted by Crippen LogP contribution is -2.40. The second-order valence-electron chi connectivity index (χ2n) is 7.81. The number of carbonyl (C=O) groups is 3. The molecule has 0 fully saturated rings. The quantitative estimate of drug-likeness (QED) is 0.529. The first-order valence-corrected chi connectivity index (χ1v) is 11.0. The number of hydrogen-bond donors (Lipinski definition) is 1. The Morgan fingerprint density at radius 3 is 2.63 bits per heavy atom. The average Bonchev–Trinajstić information content (AvgIpc) is 2.72. The van der Waals surface area contributed by atoms with Crippen LogP contribution in [0.3, 0.4) is 0 Å². The van der Waals surface area contributed by atoms with Crippen molar-refractivity contribution in [2.75, 3.05) is 37.7 Å². The largest absolute Gasteiger partial charge is 0.482 e. The predicted octanol–water partition coefficient (Wildman–Crippen LogP) is 3.02. The molecular weight excluding hydrogens is 382 g/mol. The third kappa shape index (κ3) is 6.83. The molecule has 0 unspecified atom stereocenters. The van der Waals surface area contributed by atoms with Crippen LogP contribution in [0.4, 0.5) is 5.69 Å². The maximum absolute atomic E-state index is 12.3. The van der Waals surface area contributed by atoms with Gasteiger partial charge in [0.05, 0.1) is 5.69 Å². The summed E-state index contributed by atoms with van der Waals surface area (Å²) in [5.74, 6) is 0.369. The molecule has 0 saturated carbocycles. The van der Waals surface area contributed by atoms with Crippen LogP contribution in [0.25, 0.3) is 0 Å². The zero-order valence-corrected chi connectivity index (χ0v) is 18.7. The Morgan fingerprint density at radius 2 is 1.97 bits per heavy atom. The van der Waals surface area contributed by atoms with Crippen LogP contribution in [0.15, 0.2) is 18.2 Å². The summed E-state index contributed by atoms with van der Waals surface area (Å²) in [7, 11) is 0. The van der Waals surface area contributed by atoms with Gasteiger partial charge in [0.15, 0.2) is 12.4 Å². The normalized spacial score (nSPS) is 14.3. The summed E-state index contributed by atoms with van der Waals surface area (Å²) >= 11 is 0. The highest BCUT2D eigenvalue weighted by Gasteiger charge is 2.26. The van der Waals surface area contributed by atoms with Crippen LogP contribution in [0.5, 0.6) is 5.75 Å². The van der Waals surface area contributed by atoms with Crippen molar-refractivity contribution in [3.63, 3.8) is 0 Å². The topological polar surface area (TPSA) is 79.0 Å². The van der Waals surface area contributed by atoms with Gasteiger partial charge in [-0.1, -0.05) is 13.8 Å². The highest BCUT2D eigenvalue weighted by Crippen LogP contribution is 2.33. The lowest BCUT2D eigenvalue weighted by Gasteiger charge is -2.29. The number of rotatable bonds is 12. The van der Waals surface area contributed by atoms with Crippen molar-refractivity contribution in [2.24, 2.45) is 0 Å². The molecular formula is C23H35N3O4. The van der Waals surface area contributed by atoms with E-state index in [1.165, 1.54) is 6.92 Å². The smallest absolute Gasteiger partial charge is 0.265 e. The molecule has 30 heavy (non-hydrogen) atoms. The van der Waals surface area contributed by atoms with E-state index in [0.29, 0.717) is 36.4 Å². The van der Waals surface area contributed by atoms with Crippen molar-refractivity contribution >= 4 is 23.3 Å². The number of Topliss-reactive ketones (excluding diaryl/α,β-unsaturated/α-hetero) is 1. The SMILES string of the molecule is CCN(CC)CCC[C@@H](C)NC(=O)CCCN1C(=O)COc2ccc(C(C)=O)cc21. The van der Waals surface area contributed by atoms with E-state index in [9.17, 15) is 14.4 Å². The summed E-state index contributed by atoms with van der Waals surface area (Å²) in [5.41, 5.74) is 1.14. The molecule has 0 radical (unpaired) electrons. The van der Waals surface area contributed by atoms with Crippen molar-refractivity contribution < 1.29 is 19.1 Å². The van der Waals surface area contributed by atoms with Crippen LogP contribution in [-0.4, -0.2) is 61.3 Å². The summed E-state index contributed by atoms with van der Waals surface area (Å²) in [6.45, 7) is 11.4. The first-order valence-electron chi connectivity index (χ1n) is 11.0. The molecule has 7 nitrogen and oxygen atoms in total. The Kier molecular flexibility index (Phi) is 9.30. The number of hydrogen-bond acceptors (Lipinski definition) is 5. The number of ketones is 1. The van der Waals surface area contributed by atoms with Crippen molar-refractivity contribution in [1.29, 1.82) is 0 Å². The Morgan fingerprint density at radius 1 is 1.23 bits per heavy atom. The van der Waals surface area contributed by atoms with E-state index in [4.69, 9.17) is 4.74 Å². The van der Waals surface area contributed by atoms with E-state index in [2.05, 4.69) is 24.1 Å². The van der Waals surface area contributed by atoms with Gasteiger partial charge in [-0.05, 0) is 70.9 Å². The molecule has 2 amide bonds. The lowest BCUT2D eigenvalue weighted by atomic mass is 10.1. The Hall–Kier alpha value is -2.41. The van der Waals surface area contributed by atoms with Gasteiger partial charge in [0.25, 0.3) is 5.91 Å². The van der Waals surface area contributed by atoms with Crippen LogP contribution in [0.2, 0.25) is 0 Å². The third-order valence-corrected chi connectivity index (χ3v) is 5.51. The maximum Gasteiger partial charge on any atom is 0.265 e. The molecule has 1 aromatic rings. The molecule has 7 heteroatoms. The minimum Gasteiger partial charge on any atom is -0.482 e. The zero-order valence-electron chi connectivity index (χ0n) is 18.7. The fraction of sp³-hybridized carbons (Fsp3) is 0.609. The zero-order chi connectivity index (χ0) is 22.1. The molecule has 0 aromatic heterocycles. The predicted molar refractivity (Wildman–Crippen MR) is 118 cm³/mol. The molecule has 0 bridgehead atoms. The number of carbonyl (C=O) groups excluding carboxylic acids is 3.